The number of alkyl halides is 3. The van der Waals surface area contributed by atoms with E-state index in [1.54, 1.807) is 0 Å². The zero-order valence-corrected chi connectivity index (χ0v) is 11.6. The van der Waals surface area contributed by atoms with Crippen LogP contribution in [-0.2, 0) is 0 Å². The number of carbonyl (C=O) groups is 1. The highest BCUT2D eigenvalue weighted by Crippen LogP contribution is 2.20. The zero-order valence-electron chi connectivity index (χ0n) is 10.8. The standard InChI is InChI=1S/C10H14F3N5OS/c1-7-15-16-9(20-7)18-4-2-17(3-5-18)8(19)14-6-10(11,12)13/h2-6H2,1H3,(H,14,19). The van der Waals surface area contributed by atoms with Crippen LogP contribution < -0.4 is 10.2 Å². The van der Waals surface area contributed by atoms with E-state index in [0.29, 0.717) is 26.2 Å². The molecule has 0 saturated carbocycles. The van der Waals surface area contributed by atoms with Crippen molar-refractivity contribution in [2.45, 2.75) is 13.1 Å². The second-order valence-corrected chi connectivity index (χ2v) is 5.51. The van der Waals surface area contributed by atoms with Crippen LogP contribution in [0.1, 0.15) is 5.01 Å². The molecule has 1 fully saturated rings. The smallest absolute Gasteiger partial charge is 0.343 e. The molecular weight excluding hydrogens is 295 g/mol. The summed E-state index contributed by atoms with van der Waals surface area (Å²) in [5.74, 6) is 0. The number of anilines is 1. The number of carbonyl (C=O) groups excluding carboxylic acids is 1. The van der Waals surface area contributed by atoms with Gasteiger partial charge >= 0.3 is 12.2 Å². The third kappa shape index (κ3) is 3.95. The predicted molar refractivity (Wildman–Crippen MR) is 67.9 cm³/mol. The average molecular weight is 309 g/mol. The summed E-state index contributed by atoms with van der Waals surface area (Å²) in [4.78, 5) is 14.9. The van der Waals surface area contributed by atoms with Gasteiger partial charge in [0.1, 0.15) is 11.6 Å². The van der Waals surface area contributed by atoms with E-state index < -0.39 is 18.8 Å². The molecule has 10 heteroatoms. The first-order chi connectivity index (χ1) is 9.35. The normalized spacial score (nSPS) is 16.4. The maximum absolute atomic E-state index is 12.0. The van der Waals surface area contributed by atoms with E-state index in [4.69, 9.17) is 0 Å². The summed E-state index contributed by atoms with van der Waals surface area (Å²) in [7, 11) is 0. The lowest BCUT2D eigenvalue weighted by molar-refractivity contribution is -0.123. The van der Waals surface area contributed by atoms with Crippen LogP contribution in [0.25, 0.3) is 0 Å². The Morgan fingerprint density at radius 1 is 1.30 bits per heavy atom. The van der Waals surface area contributed by atoms with Crippen molar-refractivity contribution in [2.24, 2.45) is 0 Å². The second kappa shape index (κ2) is 5.81. The molecule has 0 bridgehead atoms. The van der Waals surface area contributed by atoms with Gasteiger partial charge in [0.15, 0.2) is 0 Å². The monoisotopic (exact) mass is 309 g/mol. The molecule has 6 nitrogen and oxygen atoms in total. The Bertz CT molecular complexity index is 470. The molecule has 0 aliphatic carbocycles. The summed E-state index contributed by atoms with van der Waals surface area (Å²) >= 11 is 1.45. The van der Waals surface area contributed by atoms with Crippen LogP contribution in [0.5, 0.6) is 0 Å². The third-order valence-corrected chi connectivity index (χ3v) is 3.69. The molecule has 0 unspecified atom stereocenters. The molecule has 1 N–H and O–H groups in total. The van der Waals surface area contributed by atoms with Crippen molar-refractivity contribution < 1.29 is 18.0 Å². The first kappa shape index (κ1) is 14.8. The van der Waals surface area contributed by atoms with Gasteiger partial charge in [-0.2, -0.15) is 13.2 Å². The van der Waals surface area contributed by atoms with Crippen molar-refractivity contribution in [1.29, 1.82) is 0 Å². The lowest BCUT2D eigenvalue weighted by Crippen LogP contribution is -2.53. The Kier molecular flexibility index (Phi) is 4.31. The summed E-state index contributed by atoms with van der Waals surface area (Å²) in [6.45, 7) is 2.34. The molecule has 1 aromatic heterocycles. The topological polar surface area (TPSA) is 61.4 Å². The number of hydrogen-bond donors (Lipinski definition) is 1. The molecule has 0 radical (unpaired) electrons. The van der Waals surface area contributed by atoms with E-state index in [0.717, 1.165) is 10.1 Å². The van der Waals surface area contributed by atoms with Crippen LogP contribution in [0, 0.1) is 6.92 Å². The Hall–Kier alpha value is -1.58. The van der Waals surface area contributed by atoms with Crippen molar-refractivity contribution >= 4 is 22.5 Å². The van der Waals surface area contributed by atoms with Crippen molar-refractivity contribution in [3.05, 3.63) is 5.01 Å². The predicted octanol–water partition coefficient (Wildman–Crippen LogP) is 1.24. The lowest BCUT2D eigenvalue weighted by atomic mass is 10.3. The number of nitrogens with zero attached hydrogens (tertiary/aromatic N) is 4. The van der Waals surface area contributed by atoms with Crippen LogP contribution in [0.15, 0.2) is 0 Å². The first-order valence-electron chi connectivity index (χ1n) is 6.00. The Balaban J connectivity index is 1.80. The SMILES string of the molecule is Cc1nnc(N2CCN(C(=O)NCC(F)(F)F)CC2)s1. The molecule has 112 valence electrons. The highest BCUT2D eigenvalue weighted by molar-refractivity contribution is 7.15. The number of rotatable bonds is 2. The van der Waals surface area contributed by atoms with Crippen molar-refractivity contribution in [2.75, 3.05) is 37.6 Å². The number of amides is 2. The number of aryl methyl sites for hydroxylation is 1. The Labute approximate surface area is 117 Å². The number of aromatic nitrogens is 2. The van der Waals surface area contributed by atoms with E-state index >= 15 is 0 Å². The molecule has 0 aromatic carbocycles. The molecule has 2 amide bonds. The molecule has 20 heavy (non-hydrogen) atoms. The van der Waals surface area contributed by atoms with Crippen molar-refractivity contribution in [3.63, 3.8) is 0 Å². The third-order valence-electron chi connectivity index (χ3n) is 2.79. The molecule has 1 saturated heterocycles. The number of nitrogens with one attached hydrogen (secondary N) is 1. The summed E-state index contributed by atoms with van der Waals surface area (Å²) in [6.07, 6.45) is -4.39. The van der Waals surface area contributed by atoms with Crippen LogP contribution in [0.4, 0.5) is 23.1 Å². The number of urea groups is 1. The van der Waals surface area contributed by atoms with Crippen molar-refractivity contribution in [1.82, 2.24) is 20.4 Å². The zero-order chi connectivity index (χ0) is 14.8. The highest BCUT2D eigenvalue weighted by Gasteiger charge is 2.30. The Morgan fingerprint density at radius 3 is 2.45 bits per heavy atom. The average Bonchev–Trinajstić information content (AvgIpc) is 2.82. The first-order valence-corrected chi connectivity index (χ1v) is 6.81. The minimum atomic E-state index is -4.39. The number of piperazine rings is 1. The van der Waals surface area contributed by atoms with Gasteiger partial charge in [-0.1, -0.05) is 11.3 Å². The van der Waals surface area contributed by atoms with Gasteiger partial charge in [0.05, 0.1) is 0 Å². The van der Waals surface area contributed by atoms with E-state index in [1.165, 1.54) is 16.2 Å². The van der Waals surface area contributed by atoms with Gasteiger partial charge in [0.25, 0.3) is 0 Å². The summed E-state index contributed by atoms with van der Waals surface area (Å²) in [5, 5.41) is 11.4. The van der Waals surface area contributed by atoms with E-state index in [-0.39, 0.29) is 0 Å². The van der Waals surface area contributed by atoms with Gasteiger partial charge in [-0.15, -0.1) is 10.2 Å². The van der Waals surface area contributed by atoms with Crippen LogP contribution >= 0.6 is 11.3 Å². The molecule has 0 spiro atoms. The molecule has 1 aliphatic rings. The fourth-order valence-corrected chi connectivity index (χ4v) is 2.54. The van der Waals surface area contributed by atoms with Gasteiger partial charge in [0, 0.05) is 26.2 Å². The molecule has 1 aliphatic heterocycles. The molecule has 0 atom stereocenters. The van der Waals surface area contributed by atoms with Gasteiger partial charge in [-0.05, 0) is 6.92 Å². The summed E-state index contributed by atoms with van der Waals surface area (Å²) in [5.41, 5.74) is 0. The highest BCUT2D eigenvalue weighted by atomic mass is 32.1. The molecule has 1 aromatic rings. The second-order valence-electron chi connectivity index (χ2n) is 4.35. The van der Waals surface area contributed by atoms with Crippen molar-refractivity contribution in [3.8, 4) is 0 Å². The fourth-order valence-electron chi connectivity index (χ4n) is 1.80. The fraction of sp³-hybridized carbons (Fsp3) is 0.700. The largest absolute Gasteiger partial charge is 0.405 e. The van der Waals surface area contributed by atoms with E-state index in [9.17, 15) is 18.0 Å². The van der Waals surface area contributed by atoms with Crippen LogP contribution in [0.2, 0.25) is 0 Å². The van der Waals surface area contributed by atoms with Crippen LogP contribution in [0.3, 0.4) is 0 Å². The van der Waals surface area contributed by atoms with Gasteiger partial charge in [-0.25, -0.2) is 4.79 Å². The molecule has 2 heterocycles. The maximum atomic E-state index is 12.0. The summed E-state index contributed by atoms with van der Waals surface area (Å²) < 4.78 is 36.0. The Morgan fingerprint density at radius 2 is 1.95 bits per heavy atom. The van der Waals surface area contributed by atoms with Crippen LogP contribution in [-0.4, -0.2) is 60.0 Å². The number of halogens is 3. The van der Waals surface area contributed by atoms with E-state index in [1.807, 2.05) is 17.1 Å². The van der Waals surface area contributed by atoms with E-state index in [2.05, 4.69) is 10.2 Å². The molecular formula is C10H14F3N5OS. The quantitative estimate of drug-likeness (QED) is 0.893. The maximum Gasteiger partial charge on any atom is 0.405 e. The van der Waals surface area contributed by atoms with Gasteiger partial charge in [-0.3, -0.25) is 0 Å². The summed E-state index contributed by atoms with van der Waals surface area (Å²) in [6, 6.07) is -0.685. The van der Waals surface area contributed by atoms with Gasteiger partial charge in [0.2, 0.25) is 5.13 Å². The number of hydrogen-bond acceptors (Lipinski definition) is 5. The van der Waals surface area contributed by atoms with Gasteiger partial charge < -0.3 is 15.1 Å². The molecule has 2 rings (SSSR count). The minimum Gasteiger partial charge on any atom is -0.343 e. The lowest BCUT2D eigenvalue weighted by Gasteiger charge is -2.34. The minimum absolute atomic E-state index is 0.363.